The Bertz CT molecular complexity index is 1230. The van der Waals surface area contributed by atoms with Gasteiger partial charge < -0.3 is 9.72 Å². The molecule has 0 bridgehead atoms. The van der Waals surface area contributed by atoms with Crippen molar-refractivity contribution in [1.82, 2.24) is 9.82 Å². The third kappa shape index (κ3) is 4.47. The SMILES string of the molecule is O=S(=O)(N/N=C\c1c[nH]c2ccc(OCc3ccccc3)cc12)c1ccccc1. The molecule has 146 valence electrons. The molecule has 2 N–H and O–H groups in total. The highest BCUT2D eigenvalue weighted by Gasteiger charge is 2.11. The zero-order valence-corrected chi connectivity index (χ0v) is 16.3. The molecule has 0 spiro atoms. The van der Waals surface area contributed by atoms with E-state index in [1.165, 1.54) is 18.3 Å². The molecule has 0 aliphatic carbocycles. The van der Waals surface area contributed by atoms with Crippen molar-refractivity contribution in [3.63, 3.8) is 0 Å². The molecule has 0 saturated carbocycles. The van der Waals surface area contributed by atoms with Gasteiger partial charge in [0.25, 0.3) is 10.0 Å². The highest BCUT2D eigenvalue weighted by molar-refractivity contribution is 7.89. The summed E-state index contributed by atoms with van der Waals surface area (Å²) < 4.78 is 30.4. The van der Waals surface area contributed by atoms with Crippen molar-refractivity contribution in [2.75, 3.05) is 0 Å². The van der Waals surface area contributed by atoms with Crippen LogP contribution in [-0.4, -0.2) is 19.6 Å². The van der Waals surface area contributed by atoms with Crippen LogP contribution in [0.5, 0.6) is 5.75 Å². The van der Waals surface area contributed by atoms with Gasteiger partial charge in [0.05, 0.1) is 11.1 Å². The maximum atomic E-state index is 12.2. The molecular formula is C22H19N3O3S. The van der Waals surface area contributed by atoms with Gasteiger partial charge >= 0.3 is 0 Å². The number of benzene rings is 3. The molecule has 7 heteroatoms. The van der Waals surface area contributed by atoms with Gasteiger partial charge in [-0.1, -0.05) is 48.5 Å². The number of hydrazone groups is 1. The van der Waals surface area contributed by atoms with Crippen molar-refractivity contribution in [1.29, 1.82) is 0 Å². The molecule has 0 unspecified atom stereocenters. The predicted octanol–water partition coefficient (Wildman–Crippen LogP) is 4.06. The molecular weight excluding hydrogens is 386 g/mol. The lowest BCUT2D eigenvalue weighted by Crippen LogP contribution is -2.18. The standard InChI is InChI=1S/C22H19N3O3S/c26-29(27,20-9-5-2-6-10-20)25-24-15-18-14-23-22-12-11-19(13-21(18)22)28-16-17-7-3-1-4-8-17/h1-15,23,25H,16H2/b24-15-. The monoisotopic (exact) mass is 405 g/mol. The minimum Gasteiger partial charge on any atom is -0.489 e. The number of sulfonamides is 1. The first kappa shape index (κ1) is 18.8. The molecule has 0 radical (unpaired) electrons. The number of aromatic amines is 1. The Morgan fingerprint density at radius 1 is 0.966 bits per heavy atom. The summed E-state index contributed by atoms with van der Waals surface area (Å²) in [5, 5.41) is 4.80. The first-order valence-corrected chi connectivity index (χ1v) is 10.5. The average molecular weight is 405 g/mol. The van der Waals surface area contributed by atoms with Crippen molar-refractivity contribution >= 4 is 27.1 Å². The first-order valence-electron chi connectivity index (χ1n) is 9.00. The van der Waals surface area contributed by atoms with Gasteiger partial charge in [-0.25, -0.2) is 4.83 Å². The summed E-state index contributed by atoms with van der Waals surface area (Å²) in [5.41, 5.74) is 2.74. The van der Waals surface area contributed by atoms with E-state index < -0.39 is 10.0 Å². The Kier molecular flexibility index (Phi) is 5.31. The van der Waals surface area contributed by atoms with Crippen molar-refractivity contribution < 1.29 is 13.2 Å². The summed E-state index contributed by atoms with van der Waals surface area (Å²) >= 11 is 0. The van der Waals surface area contributed by atoms with E-state index in [2.05, 4.69) is 14.9 Å². The summed E-state index contributed by atoms with van der Waals surface area (Å²) in [6, 6.07) is 23.7. The zero-order valence-electron chi connectivity index (χ0n) is 15.4. The molecule has 4 aromatic rings. The van der Waals surface area contributed by atoms with E-state index in [9.17, 15) is 8.42 Å². The van der Waals surface area contributed by atoms with Gasteiger partial charge in [0.15, 0.2) is 0 Å². The Labute approximate surface area is 168 Å². The summed E-state index contributed by atoms with van der Waals surface area (Å²) in [6.45, 7) is 0.469. The first-order chi connectivity index (χ1) is 14.1. The molecule has 0 atom stereocenters. The number of ether oxygens (including phenoxy) is 1. The summed E-state index contributed by atoms with van der Waals surface area (Å²) in [6.07, 6.45) is 3.24. The summed E-state index contributed by atoms with van der Waals surface area (Å²) in [7, 11) is -3.70. The maximum Gasteiger partial charge on any atom is 0.276 e. The second-order valence-electron chi connectivity index (χ2n) is 6.39. The van der Waals surface area contributed by atoms with Crippen molar-refractivity contribution in [2.24, 2.45) is 5.10 Å². The number of aromatic nitrogens is 1. The highest BCUT2D eigenvalue weighted by Crippen LogP contribution is 2.23. The molecule has 6 nitrogen and oxygen atoms in total. The third-order valence-corrected chi connectivity index (χ3v) is 5.60. The molecule has 29 heavy (non-hydrogen) atoms. The number of nitrogens with one attached hydrogen (secondary N) is 2. The largest absolute Gasteiger partial charge is 0.489 e. The average Bonchev–Trinajstić information content (AvgIpc) is 3.16. The molecule has 0 aliphatic rings. The lowest BCUT2D eigenvalue weighted by Gasteiger charge is -2.06. The third-order valence-electron chi connectivity index (χ3n) is 4.36. The van der Waals surface area contributed by atoms with Gasteiger partial charge in [-0.3, -0.25) is 0 Å². The minimum absolute atomic E-state index is 0.160. The minimum atomic E-state index is -3.70. The number of nitrogens with zero attached hydrogens (tertiary/aromatic N) is 1. The number of H-pyrrole nitrogens is 1. The van der Waals surface area contributed by atoms with Gasteiger partial charge in [0, 0.05) is 22.7 Å². The van der Waals surface area contributed by atoms with Crippen LogP contribution >= 0.6 is 0 Å². The fourth-order valence-electron chi connectivity index (χ4n) is 2.88. The molecule has 0 fully saturated rings. The Hall–Kier alpha value is -3.58. The van der Waals surface area contributed by atoms with Gasteiger partial charge in [0.2, 0.25) is 0 Å². The van der Waals surface area contributed by atoms with Crippen LogP contribution in [0.25, 0.3) is 10.9 Å². The van der Waals surface area contributed by atoms with E-state index in [0.717, 1.165) is 27.8 Å². The molecule has 0 saturated heterocycles. The summed E-state index contributed by atoms with van der Waals surface area (Å²) in [5.74, 6) is 0.723. The number of rotatable bonds is 7. The topological polar surface area (TPSA) is 83.5 Å². The van der Waals surface area contributed by atoms with E-state index in [0.29, 0.717) is 6.61 Å². The van der Waals surface area contributed by atoms with Crippen LogP contribution in [0.2, 0.25) is 0 Å². The van der Waals surface area contributed by atoms with Crippen molar-refractivity contribution in [3.05, 3.63) is 96.2 Å². The van der Waals surface area contributed by atoms with Crippen LogP contribution < -0.4 is 9.57 Å². The fourth-order valence-corrected chi connectivity index (χ4v) is 3.69. The molecule has 4 rings (SSSR count). The number of fused-ring (bicyclic) bond motifs is 1. The highest BCUT2D eigenvalue weighted by atomic mass is 32.2. The van der Waals surface area contributed by atoms with Crippen LogP contribution in [-0.2, 0) is 16.6 Å². The Morgan fingerprint density at radius 3 is 2.45 bits per heavy atom. The van der Waals surface area contributed by atoms with Crippen LogP contribution in [0.3, 0.4) is 0 Å². The van der Waals surface area contributed by atoms with E-state index in [-0.39, 0.29) is 4.90 Å². The van der Waals surface area contributed by atoms with E-state index in [1.807, 2.05) is 48.5 Å². The molecule has 0 amide bonds. The van der Waals surface area contributed by atoms with Crippen LogP contribution in [0.4, 0.5) is 0 Å². The van der Waals surface area contributed by atoms with Crippen LogP contribution in [0, 0.1) is 0 Å². The van der Waals surface area contributed by atoms with Gasteiger partial charge in [-0.15, -0.1) is 0 Å². The predicted molar refractivity (Wildman–Crippen MR) is 113 cm³/mol. The number of hydrogen-bond acceptors (Lipinski definition) is 4. The molecule has 1 heterocycles. The fraction of sp³-hybridized carbons (Fsp3) is 0.0455. The van der Waals surface area contributed by atoms with Gasteiger partial charge in [-0.05, 0) is 35.9 Å². The second-order valence-corrected chi connectivity index (χ2v) is 8.05. The lowest BCUT2D eigenvalue weighted by atomic mass is 10.2. The maximum absolute atomic E-state index is 12.2. The Morgan fingerprint density at radius 2 is 1.69 bits per heavy atom. The number of hydrogen-bond donors (Lipinski definition) is 2. The normalized spacial score (nSPS) is 11.7. The van der Waals surface area contributed by atoms with Gasteiger partial charge in [0.1, 0.15) is 12.4 Å². The van der Waals surface area contributed by atoms with Crippen LogP contribution in [0.1, 0.15) is 11.1 Å². The Balaban J connectivity index is 1.49. The molecule has 0 aliphatic heterocycles. The van der Waals surface area contributed by atoms with E-state index >= 15 is 0 Å². The summed E-state index contributed by atoms with van der Waals surface area (Å²) in [4.78, 5) is 5.54. The van der Waals surface area contributed by atoms with Crippen molar-refractivity contribution in [3.8, 4) is 5.75 Å². The smallest absolute Gasteiger partial charge is 0.276 e. The molecule has 3 aromatic carbocycles. The zero-order chi connectivity index (χ0) is 20.1. The second kappa shape index (κ2) is 8.20. The van der Waals surface area contributed by atoms with Gasteiger partial charge in [-0.2, -0.15) is 13.5 Å². The van der Waals surface area contributed by atoms with Crippen LogP contribution in [0.15, 0.2) is 95.1 Å². The van der Waals surface area contributed by atoms with Crippen molar-refractivity contribution in [2.45, 2.75) is 11.5 Å². The van der Waals surface area contributed by atoms with E-state index in [4.69, 9.17) is 4.74 Å². The quantitative estimate of drug-likeness (QED) is 0.359. The van der Waals surface area contributed by atoms with E-state index in [1.54, 1.807) is 24.4 Å². The molecule has 1 aromatic heterocycles. The lowest BCUT2D eigenvalue weighted by molar-refractivity contribution is 0.306.